The molecule has 0 bridgehead atoms. The molecule has 10 heteroatoms. The molecule has 0 saturated heterocycles. The van der Waals surface area contributed by atoms with Crippen LogP contribution in [-0.2, 0) is 19.2 Å². The zero-order chi connectivity index (χ0) is 69.0. The average molecular weight is 1350 g/mol. The molecule has 96 heavy (non-hydrogen) atoms. The highest BCUT2D eigenvalue weighted by molar-refractivity contribution is 5.78. The van der Waals surface area contributed by atoms with Crippen LogP contribution in [0.1, 0.15) is 464 Å². The summed E-state index contributed by atoms with van der Waals surface area (Å²) in [7, 11) is 0. The summed E-state index contributed by atoms with van der Waals surface area (Å²) >= 11 is 0. The lowest BCUT2D eigenvalue weighted by Gasteiger charge is -2.35. The Hall–Kier alpha value is -2.20. The Labute approximate surface area is 595 Å². The number of hydrogen-bond donors (Lipinski definition) is 6. The monoisotopic (exact) mass is 1350 g/mol. The molecule has 10 atom stereocenters. The predicted octanol–water partition coefficient (Wildman–Crippen LogP) is 23.8. The summed E-state index contributed by atoms with van der Waals surface area (Å²) in [5.41, 5.74) is 0. The molecule has 6 N–H and O–H groups in total. The number of rotatable bonds is 64. The van der Waals surface area contributed by atoms with Crippen LogP contribution < -0.4 is 21.3 Å². The van der Waals surface area contributed by atoms with Gasteiger partial charge in [0.2, 0.25) is 23.6 Å². The Morgan fingerprint density at radius 2 is 0.438 bits per heavy atom. The summed E-state index contributed by atoms with van der Waals surface area (Å²) < 4.78 is 0. The van der Waals surface area contributed by atoms with E-state index in [4.69, 9.17) is 0 Å². The maximum absolute atomic E-state index is 13.4. The largest absolute Gasteiger partial charge is 0.393 e. The van der Waals surface area contributed by atoms with Crippen molar-refractivity contribution in [3.05, 3.63) is 0 Å². The number of aliphatic hydroxyl groups excluding tert-OH is 2. The molecule has 6 unspecified atom stereocenters. The molecular formula is C86H164N4O6. The third kappa shape index (κ3) is 49.4. The van der Waals surface area contributed by atoms with Gasteiger partial charge in [-0.3, -0.25) is 19.2 Å². The second-order valence-electron chi connectivity index (χ2n) is 32.4. The van der Waals surface area contributed by atoms with E-state index in [-0.39, 0.29) is 60.0 Å². The highest BCUT2D eigenvalue weighted by Crippen LogP contribution is 2.41. The number of carbonyl (C=O) groups excluding carboxylic acids is 4. The van der Waals surface area contributed by atoms with Crippen LogP contribution in [0.15, 0.2) is 0 Å². The van der Waals surface area contributed by atoms with Gasteiger partial charge in [0.1, 0.15) is 0 Å². The van der Waals surface area contributed by atoms with Gasteiger partial charge in [-0.05, 0) is 126 Å². The molecule has 3 aliphatic rings. The first kappa shape index (κ1) is 88.0. The van der Waals surface area contributed by atoms with Crippen molar-refractivity contribution in [3.63, 3.8) is 0 Å². The van der Waals surface area contributed by atoms with Gasteiger partial charge in [-0.2, -0.15) is 0 Å². The Morgan fingerprint density at radius 3 is 0.656 bits per heavy atom. The summed E-state index contributed by atoms with van der Waals surface area (Å²) in [6.07, 6.45) is 79.6. The molecule has 3 saturated carbocycles. The van der Waals surface area contributed by atoms with Gasteiger partial charge < -0.3 is 31.5 Å². The first-order valence-corrected chi connectivity index (χ1v) is 43.6. The molecule has 4 amide bonds. The molecule has 0 aromatic heterocycles. The smallest absolute Gasteiger partial charge is 0.220 e. The van der Waals surface area contributed by atoms with E-state index in [1.165, 1.54) is 257 Å². The minimum Gasteiger partial charge on any atom is -0.393 e. The minimum absolute atomic E-state index is 0.0484. The van der Waals surface area contributed by atoms with Gasteiger partial charge in [0.25, 0.3) is 0 Å². The molecule has 3 aliphatic carbocycles. The summed E-state index contributed by atoms with van der Waals surface area (Å²) in [5, 5.41) is 34.0. The van der Waals surface area contributed by atoms with E-state index in [9.17, 15) is 29.4 Å². The lowest BCUT2D eigenvalue weighted by atomic mass is 9.70. The number of amides is 4. The topological polar surface area (TPSA) is 157 Å². The summed E-state index contributed by atoms with van der Waals surface area (Å²) in [6.45, 7) is 9.12. The molecule has 0 aromatic carbocycles. The van der Waals surface area contributed by atoms with Crippen LogP contribution in [0.25, 0.3) is 0 Å². The van der Waals surface area contributed by atoms with E-state index < -0.39 is 0 Å². The molecule has 0 spiro atoms. The summed E-state index contributed by atoms with van der Waals surface area (Å²) in [6, 6.07) is 0.197. The van der Waals surface area contributed by atoms with E-state index in [0.717, 1.165) is 178 Å². The van der Waals surface area contributed by atoms with Crippen LogP contribution in [0.4, 0.5) is 0 Å². The molecule has 0 radical (unpaired) electrons. The molecule has 0 aromatic rings. The number of aliphatic hydroxyl groups is 2. The second kappa shape index (κ2) is 62.6. The first-order valence-electron chi connectivity index (χ1n) is 43.6. The van der Waals surface area contributed by atoms with Gasteiger partial charge in [-0.1, -0.05) is 336 Å². The molecule has 0 aliphatic heterocycles. The Bertz CT molecular complexity index is 1670. The summed E-state index contributed by atoms with van der Waals surface area (Å²) in [5.74, 6) is 3.98. The lowest BCUT2D eigenvalue weighted by molar-refractivity contribution is -0.125. The second-order valence-corrected chi connectivity index (χ2v) is 32.4. The fourth-order valence-corrected chi connectivity index (χ4v) is 17.2. The quantitative estimate of drug-likeness (QED) is 0.0333. The van der Waals surface area contributed by atoms with Crippen LogP contribution in [0, 0.1) is 23.7 Å². The summed E-state index contributed by atoms with van der Waals surface area (Å²) in [4.78, 5) is 53.1. The van der Waals surface area contributed by atoms with Crippen molar-refractivity contribution in [2.75, 3.05) is 0 Å². The molecule has 10 nitrogen and oxygen atoms in total. The number of nitrogens with one attached hydrogen (secondary N) is 4. The van der Waals surface area contributed by atoms with Crippen molar-refractivity contribution in [1.82, 2.24) is 21.3 Å². The van der Waals surface area contributed by atoms with Crippen molar-refractivity contribution >= 4 is 23.6 Å². The maximum atomic E-state index is 13.4. The van der Waals surface area contributed by atoms with Crippen molar-refractivity contribution in [2.45, 2.75) is 501 Å². The molecule has 0 heterocycles. The van der Waals surface area contributed by atoms with Crippen LogP contribution in [0.3, 0.4) is 0 Å². The Balaban J connectivity index is 1.39. The standard InChI is InChI=1S/C86H164N4O6/c1-5-9-13-17-27-37-53-73-69-74(54-38-28-18-14-10-6-2)71-76(56-40-34-36-48-68-86(96)90-82-64-52-50-62-80(82)88-84(94)66-46-32-26-22-20-24-30-44-60-78(92)58-42-16-12-8-4)72-75(70-73)55-39-33-35-47-67-85(95)89-81-63-51-49-61-79(81)87-83(93)65-45-31-25-21-19-23-29-43-59-77(91)57-41-15-11-7-3/h73-82,91-92H,5-72H2,1-4H3,(H,87,93)(H,88,94)(H,89,95)(H,90,96)/t73?,74?,75?,76?,77?,78?,79-,80+,81+,82-. The van der Waals surface area contributed by atoms with Gasteiger partial charge in [0, 0.05) is 49.9 Å². The Morgan fingerprint density at radius 1 is 0.260 bits per heavy atom. The van der Waals surface area contributed by atoms with Crippen LogP contribution >= 0.6 is 0 Å². The highest BCUT2D eigenvalue weighted by Gasteiger charge is 2.31. The number of unbranched alkanes of at least 4 members (excludes halogenated alkanes) is 36. The van der Waals surface area contributed by atoms with E-state index in [1.54, 1.807) is 0 Å². The number of carbonyl (C=O) groups is 4. The van der Waals surface area contributed by atoms with Gasteiger partial charge >= 0.3 is 0 Å². The van der Waals surface area contributed by atoms with E-state index in [2.05, 4.69) is 49.0 Å². The van der Waals surface area contributed by atoms with E-state index in [1.807, 2.05) is 0 Å². The van der Waals surface area contributed by atoms with Crippen LogP contribution in [0.2, 0.25) is 0 Å². The molecule has 564 valence electrons. The molecule has 3 fully saturated rings. The fraction of sp³-hybridized carbons (Fsp3) is 0.953. The average Bonchev–Trinajstić information content (AvgIpc) is 1.02. The van der Waals surface area contributed by atoms with Gasteiger partial charge in [-0.15, -0.1) is 0 Å². The van der Waals surface area contributed by atoms with Gasteiger partial charge in [0.15, 0.2) is 0 Å². The van der Waals surface area contributed by atoms with Crippen molar-refractivity contribution in [1.29, 1.82) is 0 Å². The molecular weight excluding hydrogens is 1180 g/mol. The minimum atomic E-state index is -0.113. The molecule has 3 rings (SSSR count). The van der Waals surface area contributed by atoms with Crippen LogP contribution in [0.5, 0.6) is 0 Å². The normalized spacial score (nSPS) is 21.5. The van der Waals surface area contributed by atoms with Crippen molar-refractivity contribution in [3.8, 4) is 0 Å². The zero-order valence-electron chi connectivity index (χ0n) is 64.4. The Kier molecular flexibility index (Phi) is 57.4. The maximum Gasteiger partial charge on any atom is 0.220 e. The van der Waals surface area contributed by atoms with Gasteiger partial charge in [-0.25, -0.2) is 0 Å². The predicted molar refractivity (Wildman–Crippen MR) is 410 cm³/mol. The first-order chi connectivity index (χ1) is 47.0. The lowest BCUT2D eigenvalue weighted by Crippen LogP contribution is -2.53. The van der Waals surface area contributed by atoms with Crippen molar-refractivity contribution in [2.24, 2.45) is 23.7 Å². The highest BCUT2D eigenvalue weighted by atomic mass is 16.3. The SMILES string of the molecule is CCCCCCCCC1CC(CCCCCCCC)CC(CCCCCCC(=O)N[C@@H]2CCCC[C@@H]2NC(=O)CCCCCCCCCCC(O)CCCCCC)CC(CCCCCCC(=O)N[C@H]2CCCC[C@H]2NC(=O)CCCCCCCCCCC(O)CCCCCC)C1. The van der Waals surface area contributed by atoms with Gasteiger partial charge in [0.05, 0.1) is 12.2 Å². The van der Waals surface area contributed by atoms with E-state index >= 15 is 0 Å². The number of hydrogen-bond acceptors (Lipinski definition) is 6. The van der Waals surface area contributed by atoms with E-state index in [0.29, 0.717) is 25.7 Å². The third-order valence-corrected chi connectivity index (χ3v) is 23.2. The fourth-order valence-electron chi connectivity index (χ4n) is 17.2. The zero-order valence-corrected chi connectivity index (χ0v) is 64.4. The third-order valence-electron chi connectivity index (χ3n) is 23.2. The van der Waals surface area contributed by atoms with Crippen LogP contribution in [-0.4, -0.2) is 70.2 Å². The van der Waals surface area contributed by atoms with Crippen molar-refractivity contribution < 1.29 is 29.4 Å².